The van der Waals surface area contributed by atoms with E-state index in [1.165, 1.54) is 4.68 Å². The predicted octanol–water partition coefficient (Wildman–Crippen LogP) is 3.07. The number of hydrogen-bond acceptors (Lipinski definition) is 4. The van der Waals surface area contributed by atoms with Gasteiger partial charge in [-0.15, -0.1) is 0 Å². The first-order valence-corrected chi connectivity index (χ1v) is 8.91. The van der Waals surface area contributed by atoms with Gasteiger partial charge in [0.1, 0.15) is 17.9 Å². The zero-order valence-electron chi connectivity index (χ0n) is 15.1. The topological polar surface area (TPSA) is 81.5 Å². The van der Waals surface area contributed by atoms with Crippen LogP contribution in [-0.2, 0) is 4.79 Å². The zero-order valence-corrected chi connectivity index (χ0v) is 15.1. The molecule has 7 nitrogen and oxygen atoms in total. The maximum Gasteiger partial charge on any atom is 0.291 e. The largest absolute Gasteiger partial charge is 0.463 e. The van der Waals surface area contributed by atoms with E-state index in [2.05, 4.69) is 10.4 Å². The van der Waals surface area contributed by atoms with Gasteiger partial charge in [0.05, 0.1) is 17.8 Å². The molecule has 0 aliphatic rings. The summed E-state index contributed by atoms with van der Waals surface area (Å²) in [5.74, 6) is -0.233. The van der Waals surface area contributed by atoms with E-state index in [1.54, 1.807) is 29.1 Å². The van der Waals surface area contributed by atoms with E-state index >= 15 is 0 Å². The monoisotopic (exact) mass is 364 g/mol. The summed E-state index contributed by atoms with van der Waals surface area (Å²) in [5.41, 5.74) is 2.50. The Kier molecular flexibility index (Phi) is 4.27. The van der Waals surface area contributed by atoms with Crippen LogP contribution in [-0.4, -0.2) is 20.1 Å². The molecule has 0 saturated heterocycles. The maximum atomic E-state index is 12.9. The molecule has 0 saturated carbocycles. The Balaban J connectivity index is 1.66. The Bertz CT molecular complexity index is 1160. The number of rotatable bonds is 5. The van der Waals surface area contributed by atoms with E-state index in [1.807, 2.05) is 44.2 Å². The molecule has 3 aromatic heterocycles. The van der Waals surface area contributed by atoms with Crippen molar-refractivity contribution in [2.45, 2.75) is 32.4 Å². The first-order valence-electron chi connectivity index (χ1n) is 8.91. The molecular weight excluding hydrogens is 344 g/mol. The molecule has 7 heteroatoms. The van der Waals surface area contributed by atoms with Crippen LogP contribution in [0.1, 0.15) is 37.9 Å². The molecule has 0 bridgehead atoms. The Morgan fingerprint density at radius 2 is 2.00 bits per heavy atom. The molecule has 4 aromatic rings. The van der Waals surface area contributed by atoms with Crippen LogP contribution >= 0.6 is 0 Å². The zero-order chi connectivity index (χ0) is 19.0. The van der Waals surface area contributed by atoms with Crippen LogP contribution in [0.5, 0.6) is 0 Å². The second-order valence-electron chi connectivity index (χ2n) is 6.52. The number of nitrogens with one attached hydrogen (secondary N) is 1. The second-order valence-corrected chi connectivity index (χ2v) is 6.52. The van der Waals surface area contributed by atoms with Crippen LogP contribution in [0.25, 0.3) is 16.6 Å². The summed E-state index contributed by atoms with van der Waals surface area (Å²) < 4.78 is 8.28. The number of carbonyl (C=O) groups excluding carboxylic acids is 1. The lowest BCUT2D eigenvalue weighted by Gasteiger charge is -2.20. The van der Waals surface area contributed by atoms with Gasteiger partial charge in [-0.05, 0) is 18.9 Å². The predicted molar refractivity (Wildman–Crippen MR) is 102 cm³/mol. The average Bonchev–Trinajstić information content (AvgIpc) is 3.27. The summed E-state index contributed by atoms with van der Waals surface area (Å²) in [4.78, 5) is 25.7. The van der Waals surface area contributed by atoms with Crippen molar-refractivity contribution in [2.24, 2.45) is 0 Å². The lowest BCUT2D eigenvalue weighted by Crippen LogP contribution is -2.39. The van der Waals surface area contributed by atoms with Crippen molar-refractivity contribution in [1.29, 1.82) is 0 Å². The van der Waals surface area contributed by atoms with Gasteiger partial charge in [-0.1, -0.05) is 37.3 Å². The lowest BCUT2D eigenvalue weighted by molar-refractivity contribution is -0.125. The highest BCUT2D eigenvalue weighted by Crippen LogP contribution is 2.20. The summed E-state index contributed by atoms with van der Waals surface area (Å²) in [6.45, 7) is 3.78. The molecule has 1 N–H and O–H groups in total. The molecule has 2 unspecified atom stereocenters. The smallest absolute Gasteiger partial charge is 0.291 e. The van der Waals surface area contributed by atoms with E-state index in [9.17, 15) is 9.59 Å². The number of fused-ring (bicyclic) bond motifs is 3. The molecule has 2 atom stereocenters. The fraction of sp³-hybridized carbons (Fsp3) is 0.250. The summed E-state index contributed by atoms with van der Waals surface area (Å²) in [6, 6.07) is 12.3. The van der Waals surface area contributed by atoms with Gasteiger partial charge < -0.3 is 9.73 Å². The number of aromatic nitrogens is 3. The molecule has 0 radical (unpaired) electrons. The van der Waals surface area contributed by atoms with E-state index in [-0.39, 0.29) is 17.5 Å². The van der Waals surface area contributed by atoms with Crippen LogP contribution in [0.2, 0.25) is 0 Å². The van der Waals surface area contributed by atoms with E-state index in [0.29, 0.717) is 17.5 Å². The minimum absolute atomic E-state index is 0.164. The van der Waals surface area contributed by atoms with Crippen molar-refractivity contribution in [3.8, 4) is 0 Å². The third-order valence-electron chi connectivity index (χ3n) is 4.82. The summed E-state index contributed by atoms with van der Waals surface area (Å²) >= 11 is 0. The number of benzene rings is 1. The number of carbonyl (C=O) groups is 1. The van der Waals surface area contributed by atoms with Crippen molar-refractivity contribution in [2.75, 3.05) is 0 Å². The van der Waals surface area contributed by atoms with Crippen molar-refractivity contribution in [3.63, 3.8) is 0 Å². The van der Waals surface area contributed by atoms with Gasteiger partial charge in [-0.3, -0.25) is 14.0 Å². The first-order chi connectivity index (χ1) is 13.1. The molecule has 0 spiro atoms. The molecule has 0 aliphatic heterocycles. The molecular formula is C20H20N4O3. The fourth-order valence-corrected chi connectivity index (χ4v) is 3.34. The van der Waals surface area contributed by atoms with Crippen molar-refractivity contribution in [3.05, 3.63) is 71.0 Å². The van der Waals surface area contributed by atoms with Crippen LogP contribution < -0.4 is 10.9 Å². The Morgan fingerprint density at radius 3 is 2.74 bits per heavy atom. The Morgan fingerprint density at radius 1 is 1.22 bits per heavy atom. The molecule has 1 amide bonds. The summed E-state index contributed by atoms with van der Waals surface area (Å²) in [6.07, 6.45) is 3.56. The second kappa shape index (κ2) is 6.75. The van der Waals surface area contributed by atoms with Crippen molar-refractivity contribution < 1.29 is 9.21 Å². The molecule has 0 aliphatic carbocycles. The van der Waals surface area contributed by atoms with Crippen molar-refractivity contribution >= 4 is 22.5 Å². The van der Waals surface area contributed by atoms with Gasteiger partial charge in [-0.25, -0.2) is 4.68 Å². The van der Waals surface area contributed by atoms with Gasteiger partial charge in [0.2, 0.25) is 5.91 Å². The lowest BCUT2D eigenvalue weighted by atomic mass is 10.1. The number of hydrogen-bond donors (Lipinski definition) is 1. The summed E-state index contributed by atoms with van der Waals surface area (Å²) in [5, 5.41) is 7.22. The van der Waals surface area contributed by atoms with Crippen molar-refractivity contribution in [1.82, 2.24) is 19.5 Å². The highest BCUT2D eigenvalue weighted by atomic mass is 16.3. The number of nitrogens with zero attached hydrogens (tertiary/aromatic N) is 3. The van der Waals surface area contributed by atoms with Gasteiger partial charge in [0.25, 0.3) is 5.56 Å². The van der Waals surface area contributed by atoms with Gasteiger partial charge in [-0.2, -0.15) is 5.10 Å². The molecule has 3 heterocycles. The minimum Gasteiger partial charge on any atom is -0.463 e. The van der Waals surface area contributed by atoms with Gasteiger partial charge >= 0.3 is 0 Å². The Hall–Kier alpha value is -3.35. The molecule has 138 valence electrons. The standard InChI is InChI=1S/C20H20N4O3/c1-3-15(19(25)22-13(2)14-7-5-4-6-8-14)24-20(26)17-11-18-16(9-10-27-18)23(17)12-21-24/h4-13,15H,3H2,1-2H3,(H,22,25). The van der Waals surface area contributed by atoms with E-state index in [4.69, 9.17) is 4.42 Å². The first kappa shape index (κ1) is 17.1. The van der Waals surface area contributed by atoms with Gasteiger partial charge in [0.15, 0.2) is 5.58 Å². The highest BCUT2D eigenvalue weighted by molar-refractivity contribution is 5.83. The molecule has 27 heavy (non-hydrogen) atoms. The van der Waals surface area contributed by atoms with E-state index in [0.717, 1.165) is 11.1 Å². The fourth-order valence-electron chi connectivity index (χ4n) is 3.34. The third kappa shape index (κ3) is 2.91. The van der Waals surface area contributed by atoms with Crippen LogP contribution in [0, 0.1) is 0 Å². The third-order valence-corrected chi connectivity index (χ3v) is 4.82. The summed E-state index contributed by atoms with van der Waals surface area (Å²) in [7, 11) is 0. The average molecular weight is 364 g/mol. The normalized spacial score (nSPS) is 13.7. The quantitative estimate of drug-likeness (QED) is 0.590. The molecule has 0 fully saturated rings. The van der Waals surface area contributed by atoms with E-state index < -0.39 is 6.04 Å². The van der Waals surface area contributed by atoms with Crippen LogP contribution in [0.3, 0.4) is 0 Å². The minimum atomic E-state index is -0.685. The van der Waals surface area contributed by atoms with Crippen LogP contribution in [0.4, 0.5) is 0 Å². The SMILES string of the molecule is CCC(C(=O)NC(C)c1ccccc1)n1ncn2c(cc3occc32)c1=O. The van der Waals surface area contributed by atoms with Crippen LogP contribution in [0.15, 0.2) is 64.3 Å². The highest BCUT2D eigenvalue weighted by Gasteiger charge is 2.24. The number of furan rings is 1. The molecule has 1 aromatic carbocycles. The maximum absolute atomic E-state index is 12.9. The Labute approximate surface area is 155 Å². The number of amides is 1. The van der Waals surface area contributed by atoms with Gasteiger partial charge in [0, 0.05) is 12.1 Å². The molecule has 4 rings (SSSR count).